The molecule has 0 amide bonds. The number of hydrogen-bond donors (Lipinski definition) is 2. The summed E-state index contributed by atoms with van der Waals surface area (Å²) in [5, 5.41) is 20.7. The zero-order valence-corrected chi connectivity index (χ0v) is 20.8. The molecule has 31 heavy (non-hydrogen) atoms. The smallest absolute Gasteiger partial charge is 0.158 e. The molecule has 1 heterocycles. The summed E-state index contributed by atoms with van der Waals surface area (Å²) in [5.41, 5.74) is -1.31. The fourth-order valence-corrected chi connectivity index (χ4v) is 4.55. The van der Waals surface area contributed by atoms with E-state index in [2.05, 4.69) is 20.8 Å². The van der Waals surface area contributed by atoms with E-state index in [4.69, 9.17) is 14.2 Å². The van der Waals surface area contributed by atoms with Crippen LogP contribution in [0.25, 0.3) is 0 Å². The van der Waals surface area contributed by atoms with Gasteiger partial charge in [-0.3, -0.25) is 4.90 Å². The lowest BCUT2D eigenvalue weighted by molar-refractivity contribution is -0.226. The highest BCUT2D eigenvalue weighted by Crippen LogP contribution is 2.28. The van der Waals surface area contributed by atoms with Gasteiger partial charge in [-0.15, -0.1) is 0 Å². The first kappa shape index (κ1) is 28.5. The third kappa shape index (κ3) is 10.3. The number of likely N-dealkylation sites (N-methyl/N-ethyl adjacent to an activating group) is 1. The minimum absolute atomic E-state index is 0.0749. The normalized spacial score (nSPS) is 28.0. The molecule has 1 fully saturated rings. The van der Waals surface area contributed by atoms with Gasteiger partial charge in [0.05, 0.1) is 18.8 Å². The molecule has 0 bridgehead atoms. The van der Waals surface area contributed by atoms with Gasteiger partial charge in [0.2, 0.25) is 0 Å². The second-order valence-corrected chi connectivity index (χ2v) is 10.1. The molecule has 4 unspecified atom stereocenters. The first-order chi connectivity index (χ1) is 14.5. The van der Waals surface area contributed by atoms with E-state index in [9.17, 15) is 15.0 Å². The van der Waals surface area contributed by atoms with Gasteiger partial charge in [0.1, 0.15) is 18.1 Å². The molecule has 1 rings (SSSR count). The number of carbonyl (C=O) groups excluding carboxylic acids is 1. The van der Waals surface area contributed by atoms with E-state index in [1.165, 1.54) is 7.11 Å². The van der Waals surface area contributed by atoms with Crippen LogP contribution in [-0.4, -0.2) is 79.0 Å². The van der Waals surface area contributed by atoms with Crippen molar-refractivity contribution in [3.63, 3.8) is 0 Å². The van der Waals surface area contributed by atoms with Crippen molar-refractivity contribution >= 4 is 6.29 Å². The van der Waals surface area contributed by atoms with Gasteiger partial charge in [0.15, 0.2) is 6.29 Å². The number of methoxy groups -OCH3 is 1. The predicted octanol–water partition coefficient (Wildman–Crippen LogP) is 3.21. The van der Waals surface area contributed by atoms with E-state index < -0.39 is 11.8 Å². The first-order valence-corrected chi connectivity index (χ1v) is 11.9. The highest BCUT2D eigenvalue weighted by atomic mass is 16.7. The Kier molecular flexibility index (Phi) is 12.7. The van der Waals surface area contributed by atoms with Crippen LogP contribution in [0.3, 0.4) is 0 Å². The van der Waals surface area contributed by atoms with Crippen LogP contribution in [0.15, 0.2) is 0 Å². The van der Waals surface area contributed by atoms with E-state index >= 15 is 0 Å². The number of aliphatic hydroxyl groups excluding tert-OH is 1. The molecule has 0 saturated carbocycles. The maximum atomic E-state index is 11.4. The number of nitrogens with zero attached hydrogens (tertiary/aromatic N) is 1. The van der Waals surface area contributed by atoms with Crippen molar-refractivity contribution in [3.8, 4) is 0 Å². The highest BCUT2D eigenvalue weighted by Gasteiger charge is 2.34. The van der Waals surface area contributed by atoms with E-state index in [-0.39, 0.29) is 31.0 Å². The second-order valence-electron chi connectivity index (χ2n) is 10.1. The second kappa shape index (κ2) is 13.9. The Balaban J connectivity index is 2.42. The number of hydrogen-bond acceptors (Lipinski definition) is 7. The van der Waals surface area contributed by atoms with Gasteiger partial charge in [-0.2, -0.15) is 0 Å². The zero-order valence-electron chi connectivity index (χ0n) is 20.8. The molecule has 0 aromatic heterocycles. The van der Waals surface area contributed by atoms with Crippen molar-refractivity contribution in [3.05, 3.63) is 0 Å². The Bertz CT molecular complexity index is 492. The number of aliphatic hydroxyl groups is 2. The molecule has 0 radical (unpaired) electrons. The fourth-order valence-electron chi connectivity index (χ4n) is 4.55. The number of carbonyl (C=O) groups is 1. The Morgan fingerprint density at radius 1 is 1.23 bits per heavy atom. The molecule has 1 saturated heterocycles. The summed E-state index contributed by atoms with van der Waals surface area (Å²) in [6.45, 7) is 10.7. The van der Waals surface area contributed by atoms with Crippen LogP contribution in [-0.2, 0) is 19.0 Å². The monoisotopic (exact) mass is 445 g/mol. The van der Waals surface area contributed by atoms with Crippen LogP contribution < -0.4 is 0 Å². The lowest BCUT2D eigenvalue weighted by Crippen LogP contribution is -2.53. The van der Waals surface area contributed by atoms with Crippen LogP contribution in [0.1, 0.15) is 73.1 Å². The maximum Gasteiger partial charge on any atom is 0.158 e. The topological polar surface area (TPSA) is 88.5 Å². The number of rotatable bonds is 15. The molecule has 0 aromatic rings. The summed E-state index contributed by atoms with van der Waals surface area (Å²) in [5.74, 6) is 0.779. The largest absolute Gasteiger partial charge is 0.384 e. The molecule has 1 aliphatic rings. The van der Waals surface area contributed by atoms with Crippen molar-refractivity contribution in [2.45, 2.75) is 103 Å². The molecule has 0 aliphatic carbocycles. The molecule has 7 heteroatoms. The van der Waals surface area contributed by atoms with Gasteiger partial charge >= 0.3 is 0 Å². The number of unbranched alkanes of at least 4 members (excludes halogenated alkanes) is 1. The van der Waals surface area contributed by atoms with Gasteiger partial charge in [0, 0.05) is 26.0 Å². The Labute approximate surface area is 189 Å². The van der Waals surface area contributed by atoms with Crippen LogP contribution in [0.4, 0.5) is 0 Å². The zero-order chi connectivity index (χ0) is 23.6. The van der Waals surface area contributed by atoms with Crippen molar-refractivity contribution < 1.29 is 29.2 Å². The Morgan fingerprint density at radius 3 is 2.45 bits per heavy atom. The van der Waals surface area contributed by atoms with Crippen LogP contribution in [0.5, 0.6) is 0 Å². The maximum absolute atomic E-state index is 11.4. The van der Waals surface area contributed by atoms with Crippen LogP contribution in [0.2, 0.25) is 0 Å². The van der Waals surface area contributed by atoms with Crippen molar-refractivity contribution in [2.24, 2.45) is 17.8 Å². The minimum Gasteiger partial charge on any atom is -0.384 e. The average molecular weight is 446 g/mol. The highest BCUT2D eigenvalue weighted by molar-refractivity contribution is 5.53. The van der Waals surface area contributed by atoms with Gasteiger partial charge < -0.3 is 29.2 Å². The van der Waals surface area contributed by atoms with E-state index in [0.717, 1.165) is 44.8 Å². The molecule has 184 valence electrons. The van der Waals surface area contributed by atoms with Crippen molar-refractivity contribution in [1.82, 2.24) is 4.90 Å². The van der Waals surface area contributed by atoms with Crippen LogP contribution >= 0.6 is 0 Å². The third-order valence-electron chi connectivity index (χ3n) is 6.29. The standard InChI is InChI=1S/C24H47NO6/c1-17(14-25(6)23(27)24(5,28)16-29-7)10-8-9-11-21(19(3)15-26)31-22-13-18(2)12-20(4)30-22/h15,17-23,27-28H,8-14,16H2,1-7H3/t17-,18?,19?,20?,21+,22+,23?,24-/m1/s1. The number of aldehydes is 1. The molecular weight excluding hydrogens is 398 g/mol. The molecule has 0 spiro atoms. The number of ether oxygens (including phenoxy) is 3. The molecule has 7 nitrogen and oxygen atoms in total. The summed E-state index contributed by atoms with van der Waals surface area (Å²) in [6, 6.07) is 0. The molecule has 1 aliphatic heterocycles. The third-order valence-corrected chi connectivity index (χ3v) is 6.29. The van der Waals surface area contributed by atoms with Crippen LogP contribution in [0, 0.1) is 17.8 Å². The summed E-state index contributed by atoms with van der Waals surface area (Å²) in [7, 11) is 3.32. The van der Waals surface area contributed by atoms with E-state index in [0.29, 0.717) is 18.4 Å². The summed E-state index contributed by atoms with van der Waals surface area (Å²) in [6.07, 6.45) is 5.59. The quantitative estimate of drug-likeness (QED) is 0.227. The summed E-state index contributed by atoms with van der Waals surface area (Å²) >= 11 is 0. The Hall–Kier alpha value is -0.570. The van der Waals surface area contributed by atoms with Crippen molar-refractivity contribution in [1.29, 1.82) is 0 Å². The van der Waals surface area contributed by atoms with Gasteiger partial charge in [-0.25, -0.2) is 0 Å². The lowest BCUT2D eigenvalue weighted by Gasteiger charge is -2.36. The summed E-state index contributed by atoms with van der Waals surface area (Å²) in [4.78, 5) is 13.2. The molecular formula is C24H47NO6. The first-order valence-electron chi connectivity index (χ1n) is 11.9. The Morgan fingerprint density at radius 2 is 1.87 bits per heavy atom. The average Bonchev–Trinajstić information content (AvgIpc) is 2.68. The van der Waals surface area contributed by atoms with Crippen molar-refractivity contribution in [2.75, 3.05) is 27.3 Å². The van der Waals surface area contributed by atoms with Gasteiger partial charge in [0.25, 0.3) is 0 Å². The minimum atomic E-state index is -1.31. The fraction of sp³-hybridized carbons (Fsp3) is 0.958. The van der Waals surface area contributed by atoms with E-state index in [1.807, 2.05) is 14.0 Å². The molecule has 0 aromatic carbocycles. The molecule has 2 N–H and O–H groups in total. The van der Waals surface area contributed by atoms with Gasteiger partial charge in [-0.05, 0) is 52.0 Å². The molecule has 8 atom stereocenters. The predicted molar refractivity (Wildman–Crippen MR) is 122 cm³/mol. The van der Waals surface area contributed by atoms with E-state index in [1.54, 1.807) is 11.8 Å². The summed E-state index contributed by atoms with van der Waals surface area (Å²) < 4.78 is 17.2. The SMILES string of the molecule is COC[C@@](C)(O)C(O)N(C)C[C@H](C)CCCC[C@H](O[C@H]1CC(C)CC(C)O1)C(C)C=O. The van der Waals surface area contributed by atoms with Gasteiger partial charge in [-0.1, -0.05) is 33.6 Å². The lowest BCUT2D eigenvalue weighted by atomic mass is 9.95.